The third-order valence-electron chi connectivity index (χ3n) is 3.94. The fourth-order valence-corrected chi connectivity index (χ4v) is 2.58. The highest BCUT2D eigenvalue weighted by Gasteiger charge is 2.21. The van der Waals surface area contributed by atoms with E-state index in [-0.39, 0.29) is 28.6 Å². The van der Waals surface area contributed by atoms with E-state index in [1.165, 1.54) is 24.3 Å². The molecule has 3 N–H and O–H groups in total. The Kier molecular flexibility index (Phi) is 4.23. The quantitative estimate of drug-likeness (QED) is 0.488. The second kappa shape index (κ2) is 6.36. The Balaban J connectivity index is 2.03. The minimum Gasteiger partial charge on any atom is -0.508 e. The van der Waals surface area contributed by atoms with Crippen molar-refractivity contribution in [3.05, 3.63) is 64.9 Å². The van der Waals surface area contributed by atoms with Crippen molar-refractivity contribution >= 4 is 16.8 Å². The van der Waals surface area contributed by atoms with Gasteiger partial charge in [0, 0.05) is 17.0 Å². The number of benzene rings is 2. The Hall–Kier alpha value is -3.21. The van der Waals surface area contributed by atoms with E-state index < -0.39 is 5.78 Å². The number of phenolic OH excluding ortho intramolecular Hbond substituents is 3. The van der Waals surface area contributed by atoms with Crippen molar-refractivity contribution in [1.29, 1.82) is 0 Å². The summed E-state index contributed by atoms with van der Waals surface area (Å²) >= 11 is 0. The van der Waals surface area contributed by atoms with Crippen molar-refractivity contribution in [3.63, 3.8) is 0 Å². The highest BCUT2D eigenvalue weighted by Crippen LogP contribution is 2.34. The Labute approximate surface area is 144 Å². The molecule has 5 heteroatoms. The summed E-state index contributed by atoms with van der Waals surface area (Å²) in [4.78, 5) is 12.7. The molecule has 1 heterocycles. The van der Waals surface area contributed by atoms with Gasteiger partial charge in [-0.3, -0.25) is 4.79 Å². The number of ketones is 1. The number of hydrogen-bond donors (Lipinski definition) is 3. The van der Waals surface area contributed by atoms with Crippen molar-refractivity contribution in [2.24, 2.45) is 0 Å². The van der Waals surface area contributed by atoms with Gasteiger partial charge in [-0.2, -0.15) is 0 Å². The molecular weight excluding hydrogens is 320 g/mol. The van der Waals surface area contributed by atoms with Crippen molar-refractivity contribution in [2.45, 2.75) is 20.3 Å². The largest absolute Gasteiger partial charge is 0.508 e. The van der Waals surface area contributed by atoms with Gasteiger partial charge in [0.1, 0.15) is 22.8 Å². The van der Waals surface area contributed by atoms with Gasteiger partial charge in [-0.15, -0.1) is 0 Å². The molecule has 0 aliphatic rings. The van der Waals surface area contributed by atoms with E-state index in [9.17, 15) is 20.1 Å². The van der Waals surface area contributed by atoms with E-state index in [0.717, 1.165) is 5.57 Å². The van der Waals surface area contributed by atoms with Crippen molar-refractivity contribution in [1.82, 2.24) is 0 Å². The molecule has 0 aliphatic heterocycles. The molecule has 5 nitrogen and oxygen atoms in total. The Morgan fingerprint density at radius 2 is 1.84 bits per heavy atom. The molecule has 0 saturated heterocycles. The normalized spacial score (nSPS) is 10.8. The zero-order valence-corrected chi connectivity index (χ0v) is 13.9. The highest BCUT2D eigenvalue weighted by atomic mass is 16.3. The number of phenols is 3. The highest BCUT2D eigenvalue weighted by molar-refractivity contribution is 6.11. The molecule has 0 radical (unpaired) electrons. The molecule has 3 aromatic rings. The fourth-order valence-electron chi connectivity index (χ4n) is 2.58. The second-order valence-electron chi connectivity index (χ2n) is 6.11. The standard InChI is InChI=1S/C20H18O5/c1-11(2)3-6-14-16(22)8-7-15(19(14)23)20(24)18-9-12-4-5-13(21)10-17(12)25-18/h3-5,7-10,21-23H,6H2,1-2H3. The van der Waals surface area contributed by atoms with Gasteiger partial charge >= 0.3 is 0 Å². The second-order valence-corrected chi connectivity index (χ2v) is 6.11. The summed E-state index contributed by atoms with van der Waals surface area (Å²) in [6.45, 7) is 3.82. The summed E-state index contributed by atoms with van der Waals surface area (Å²) in [6.07, 6.45) is 2.17. The predicted molar refractivity (Wildman–Crippen MR) is 94.2 cm³/mol. The molecule has 0 aliphatic carbocycles. The summed E-state index contributed by atoms with van der Waals surface area (Å²) in [7, 11) is 0. The number of allylic oxidation sites excluding steroid dienone is 2. The molecule has 0 amide bonds. The number of carbonyl (C=O) groups excluding carboxylic acids is 1. The number of hydrogen-bond acceptors (Lipinski definition) is 5. The van der Waals surface area contributed by atoms with Gasteiger partial charge in [0.2, 0.25) is 5.78 Å². The summed E-state index contributed by atoms with van der Waals surface area (Å²) in [5.41, 5.74) is 1.76. The predicted octanol–water partition coefficient (Wildman–Crippen LogP) is 4.29. The van der Waals surface area contributed by atoms with Crippen LogP contribution in [0.2, 0.25) is 0 Å². The SMILES string of the molecule is CC(C)=CCc1c(O)ccc(C(=O)c2cc3ccc(O)cc3o2)c1O. The van der Waals surface area contributed by atoms with Gasteiger partial charge < -0.3 is 19.7 Å². The van der Waals surface area contributed by atoms with Crippen LogP contribution in [0, 0.1) is 0 Å². The van der Waals surface area contributed by atoms with Gasteiger partial charge in [0.25, 0.3) is 0 Å². The molecular formula is C20H18O5. The lowest BCUT2D eigenvalue weighted by molar-refractivity contribution is 0.101. The van der Waals surface area contributed by atoms with Crippen LogP contribution in [0.5, 0.6) is 17.2 Å². The van der Waals surface area contributed by atoms with Gasteiger partial charge in [0.05, 0.1) is 5.56 Å². The minimum atomic E-state index is -0.494. The molecule has 2 aromatic carbocycles. The van der Waals surface area contributed by atoms with E-state index in [0.29, 0.717) is 23.0 Å². The van der Waals surface area contributed by atoms with Crippen LogP contribution in [0.15, 0.2) is 52.5 Å². The van der Waals surface area contributed by atoms with Crippen LogP contribution in [0.25, 0.3) is 11.0 Å². The van der Waals surface area contributed by atoms with Crippen molar-refractivity contribution < 1.29 is 24.5 Å². The van der Waals surface area contributed by atoms with E-state index in [1.54, 1.807) is 12.1 Å². The fraction of sp³-hybridized carbons (Fsp3) is 0.150. The van der Waals surface area contributed by atoms with E-state index in [2.05, 4.69) is 0 Å². The van der Waals surface area contributed by atoms with Crippen LogP contribution in [-0.2, 0) is 6.42 Å². The van der Waals surface area contributed by atoms with Crippen LogP contribution in [0.4, 0.5) is 0 Å². The Morgan fingerprint density at radius 3 is 2.56 bits per heavy atom. The maximum Gasteiger partial charge on any atom is 0.231 e. The van der Waals surface area contributed by atoms with Gasteiger partial charge in [0.15, 0.2) is 5.76 Å². The average molecular weight is 338 g/mol. The van der Waals surface area contributed by atoms with E-state index in [1.807, 2.05) is 19.9 Å². The molecule has 0 unspecified atom stereocenters. The van der Waals surface area contributed by atoms with Crippen LogP contribution in [0.1, 0.15) is 35.5 Å². The van der Waals surface area contributed by atoms with Crippen LogP contribution < -0.4 is 0 Å². The molecule has 1 aromatic heterocycles. The Bertz CT molecular complexity index is 991. The van der Waals surface area contributed by atoms with Crippen LogP contribution >= 0.6 is 0 Å². The molecule has 128 valence electrons. The third kappa shape index (κ3) is 3.21. The first-order chi connectivity index (χ1) is 11.9. The van der Waals surface area contributed by atoms with Crippen LogP contribution in [-0.4, -0.2) is 21.1 Å². The molecule has 0 fully saturated rings. The zero-order chi connectivity index (χ0) is 18.1. The lowest BCUT2D eigenvalue weighted by atomic mass is 10.00. The van der Waals surface area contributed by atoms with E-state index in [4.69, 9.17) is 4.42 Å². The molecule has 25 heavy (non-hydrogen) atoms. The number of aromatic hydroxyl groups is 3. The van der Waals surface area contributed by atoms with Crippen molar-refractivity contribution in [2.75, 3.05) is 0 Å². The lowest BCUT2D eigenvalue weighted by Crippen LogP contribution is -2.02. The maximum absolute atomic E-state index is 12.7. The third-order valence-corrected chi connectivity index (χ3v) is 3.94. The lowest BCUT2D eigenvalue weighted by Gasteiger charge is -2.09. The molecule has 0 saturated carbocycles. The van der Waals surface area contributed by atoms with Crippen LogP contribution in [0.3, 0.4) is 0 Å². The van der Waals surface area contributed by atoms with Gasteiger partial charge in [-0.25, -0.2) is 0 Å². The smallest absolute Gasteiger partial charge is 0.231 e. The van der Waals surface area contributed by atoms with Gasteiger partial charge in [-0.05, 0) is 50.6 Å². The number of carbonyl (C=O) groups is 1. The summed E-state index contributed by atoms with van der Waals surface area (Å²) in [5, 5.41) is 30.6. The first-order valence-corrected chi connectivity index (χ1v) is 7.81. The number of fused-ring (bicyclic) bond motifs is 1. The van der Waals surface area contributed by atoms with E-state index >= 15 is 0 Å². The molecule has 0 spiro atoms. The number of furan rings is 1. The van der Waals surface area contributed by atoms with Crippen molar-refractivity contribution in [3.8, 4) is 17.2 Å². The summed E-state index contributed by atoms with van der Waals surface area (Å²) in [6, 6.07) is 8.87. The Morgan fingerprint density at radius 1 is 1.08 bits per heavy atom. The molecule has 0 atom stereocenters. The topological polar surface area (TPSA) is 90.9 Å². The first-order valence-electron chi connectivity index (χ1n) is 7.81. The summed E-state index contributed by atoms with van der Waals surface area (Å²) < 4.78 is 5.49. The maximum atomic E-state index is 12.7. The minimum absolute atomic E-state index is 0.0392. The molecule has 3 rings (SSSR count). The average Bonchev–Trinajstić information content (AvgIpc) is 2.97. The zero-order valence-electron chi connectivity index (χ0n) is 13.9. The molecule has 0 bridgehead atoms. The monoisotopic (exact) mass is 338 g/mol. The number of rotatable bonds is 4. The first kappa shape index (κ1) is 16.6. The van der Waals surface area contributed by atoms with Gasteiger partial charge in [-0.1, -0.05) is 11.6 Å². The summed E-state index contributed by atoms with van der Waals surface area (Å²) in [5.74, 6) is -0.731.